The highest BCUT2D eigenvalue weighted by atomic mass is 16.6. The minimum Gasteiger partial charge on any atom is -0.494 e. The molecule has 2 rings (SSSR count). The van der Waals surface area contributed by atoms with Crippen molar-refractivity contribution < 1.29 is 24.0 Å². The first-order valence-electron chi connectivity index (χ1n) is 7.38. The molecule has 0 aromatic heterocycles. The summed E-state index contributed by atoms with van der Waals surface area (Å²) in [4.78, 5) is 35.2. The van der Waals surface area contributed by atoms with Gasteiger partial charge in [-0.1, -0.05) is 0 Å². The summed E-state index contributed by atoms with van der Waals surface area (Å²) in [7, 11) is 2.73. The van der Waals surface area contributed by atoms with Gasteiger partial charge in [-0.25, -0.2) is 0 Å². The molecule has 1 saturated heterocycles. The Bertz CT molecular complexity index is 648. The number of carbonyl (C=O) groups is 2. The van der Waals surface area contributed by atoms with Crippen molar-refractivity contribution >= 4 is 23.3 Å². The minimum atomic E-state index is -0.498. The molecular formula is C15H19N3O6. The van der Waals surface area contributed by atoms with E-state index in [1.54, 1.807) is 11.0 Å². The molecule has 0 saturated carbocycles. The number of nitro groups is 1. The smallest absolute Gasteiger partial charge is 0.310 e. The van der Waals surface area contributed by atoms with Crippen LogP contribution >= 0.6 is 0 Å². The van der Waals surface area contributed by atoms with Crippen molar-refractivity contribution in [2.24, 2.45) is 5.92 Å². The van der Waals surface area contributed by atoms with E-state index in [0.717, 1.165) is 0 Å². The number of hydrogen-bond donors (Lipinski definition) is 1. The predicted molar refractivity (Wildman–Crippen MR) is 84.8 cm³/mol. The summed E-state index contributed by atoms with van der Waals surface area (Å²) in [6.45, 7) is 1.17. The fourth-order valence-electron chi connectivity index (χ4n) is 2.58. The summed E-state index contributed by atoms with van der Waals surface area (Å²) in [5, 5.41) is 13.8. The molecule has 9 heteroatoms. The Kier molecular flexibility index (Phi) is 5.56. The van der Waals surface area contributed by atoms with E-state index in [9.17, 15) is 19.7 Å². The number of ether oxygens (including phenoxy) is 2. The summed E-state index contributed by atoms with van der Waals surface area (Å²) in [5.74, 6) is -0.542. The van der Waals surface area contributed by atoms with Gasteiger partial charge in [-0.15, -0.1) is 0 Å². The minimum absolute atomic E-state index is 0.0620. The van der Waals surface area contributed by atoms with Crippen molar-refractivity contribution in [2.75, 3.05) is 39.2 Å². The molecular weight excluding hydrogens is 318 g/mol. The fraction of sp³-hybridized carbons (Fsp3) is 0.467. The summed E-state index contributed by atoms with van der Waals surface area (Å²) >= 11 is 0. The summed E-state index contributed by atoms with van der Waals surface area (Å²) in [6, 6.07) is 4.26. The van der Waals surface area contributed by atoms with Gasteiger partial charge >= 0.3 is 5.97 Å². The zero-order valence-corrected chi connectivity index (χ0v) is 13.5. The van der Waals surface area contributed by atoms with Gasteiger partial charge in [0.2, 0.25) is 5.91 Å². The van der Waals surface area contributed by atoms with Gasteiger partial charge in [0.25, 0.3) is 5.69 Å². The zero-order chi connectivity index (χ0) is 17.7. The van der Waals surface area contributed by atoms with Crippen LogP contribution in [0.4, 0.5) is 11.4 Å². The molecule has 0 bridgehead atoms. The van der Waals surface area contributed by atoms with E-state index in [1.165, 1.54) is 26.4 Å². The van der Waals surface area contributed by atoms with Crippen molar-refractivity contribution in [3.8, 4) is 5.75 Å². The molecule has 9 nitrogen and oxygen atoms in total. The first kappa shape index (κ1) is 17.5. The molecule has 0 radical (unpaired) electrons. The molecule has 1 aromatic carbocycles. The van der Waals surface area contributed by atoms with Crippen molar-refractivity contribution in [3.63, 3.8) is 0 Å². The number of rotatable bonds is 7. The van der Waals surface area contributed by atoms with Crippen LogP contribution in [0.3, 0.4) is 0 Å². The highest BCUT2D eigenvalue weighted by Crippen LogP contribution is 2.29. The van der Waals surface area contributed by atoms with Crippen LogP contribution in [0.5, 0.6) is 5.75 Å². The predicted octanol–water partition coefficient (Wildman–Crippen LogP) is 1.04. The lowest BCUT2D eigenvalue weighted by molar-refractivity contribution is -0.384. The molecule has 1 aromatic rings. The Balaban J connectivity index is 1.91. The van der Waals surface area contributed by atoms with Gasteiger partial charge in [0, 0.05) is 32.1 Å². The number of methoxy groups -OCH3 is 2. The fourth-order valence-corrected chi connectivity index (χ4v) is 2.58. The normalized spacial score (nSPS) is 16.8. The third-order valence-electron chi connectivity index (χ3n) is 3.84. The van der Waals surface area contributed by atoms with E-state index >= 15 is 0 Å². The summed E-state index contributed by atoms with van der Waals surface area (Å²) in [5.41, 5.74) is 0.535. The molecule has 1 aliphatic heterocycles. The third kappa shape index (κ3) is 3.92. The zero-order valence-electron chi connectivity index (χ0n) is 13.5. The molecule has 1 aliphatic rings. The van der Waals surface area contributed by atoms with Crippen molar-refractivity contribution in [1.29, 1.82) is 0 Å². The number of benzene rings is 1. The maximum atomic E-state index is 11.9. The van der Waals surface area contributed by atoms with Crippen LogP contribution in [0, 0.1) is 16.0 Å². The van der Waals surface area contributed by atoms with Crippen LogP contribution in [0.1, 0.15) is 6.42 Å². The van der Waals surface area contributed by atoms with E-state index in [2.05, 4.69) is 10.1 Å². The molecule has 1 N–H and O–H groups in total. The maximum absolute atomic E-state index is 11.9. The Morgan fingerprint density at radius 2 is 2.21 bits per heavy atom. The number of likely N-dealkylation sites (tertiary alicyclic amines) is 1. The van der Waals surface area contributed by atoms with Gasteiger partial charge in [-0.3, -0.25) is 19.7 Å². The molecule has 1 atom stereocenters. The molecule has 0 aliphatic carbocycles. The lowest BCUT2D eigenvalue weighted by Gasteiger charge is -2.17. The van der Waals surface area contributed by atoms with Crippen LogP contribution in [0.25, 0.3) is 0 Å². The van der Waals surface area contributed by atoms with Crippen molar-refractivity contribution in [1.82, 2.24) is 4.90 Å². The Hall–Kier alpha value is -2.84. The lowest BCUT2D eigenvalue weighted by atomic mass is 10.1. The molecule has 1 amide bonds. The number of anilines is 1. The van der Waals surface area contributed by atoms with E-state index < -0.39 is 10.8 Å². The third-order valence-corrected chi connectivity index (χ3v) is 3.84. The largest absolute Gasteiger partial charge is 0.494 e. The number of nitro benzene ring substituents is 1. The average molecular weight is 337 g/mol. The highest BCUT2D eigenvalue weighted by molar-refractivity contribution is 5.86. The molecule has 1 fully saturated rings. The van der Waals surface area contributed by atoms with E-state index in [-0.39, 0.29) is 24.0 Å². The molecule has 24 heavy (non-hydrogen) atoms. The number of nitrogens with zero attached hydrogens (tertiary/aromatic N) is 2. The number of esters is 1. The van der Waals surface area contributed by atoms with E-state index in [0.29, 0.717) is 31.1 Å². The highest BCUT2D eigenvalue weighted by Gasteiger charge is 2.34. The van der Waals surface area contributed by atoms with Gasteiger partial charge in [0.15, 0.2) is 0 Å². The average Bonchev–Trinajstić information content (AvgIpc) is 2.95. The standard InChI is InChI=1S/C15H19N3O6/c1-23-13-8-11(18(21)22)3-4-12(13)16-5-6-17-9-10(7-14(17)19)15(20)24-2/h3-4,8,10,16H,5-7,9H2,1-2H3/t10-/m1/s1. The van der Waals surface area contributed by atoms with E-state index in [1.807, 2.05) is 0 Å². The Morgan fingerprint density at radius 3 is 2.83 bits per heavy atom. The van der Waals surface area contributed by atoms with Gasteiger partial charge < -0.3 is 19.7 Å². The van der Waals surface area contributed by atoms with Crippen LogP contribution in [-0.4, -0.2) is 55.6 Å². The SMILES string of the molecule is COC(=O)[C@@H]1CC(=O)N(CCNc2ccc([N+](=O)[O-])cc2OC)C1. The van der Waals surface area contributed by atoms with Crippen molar-refractivity contribution in [3.05, 3.63) is 28.3 Å². The maximum Gasteiger partial charge on any atom is 0.310 e. The second-order valence-corrected chi connectivity index (χ2v) is 5.33. The van der Waals surface area contributed by atoms with Crippen LogP contribution in [0.15, 0.2) is 18.2 Å². The van der Waals surface area contributed by atoms with Gasteiger partial charge in [-0.2, -0.15) is 0 Å². The first-order chi connectivity index (χ1) is 11.5. The van der Waals surface area contributed by atoms with Crippen LogP contribution in [-0.2, 0) is 14.3 Å². The Morgan fingerprint density at radius 1 is 1.46 bits per heavy atom. The molecule has 1 heterocycles. The monoisotopic (exact) mass is 337 g/mol. The van der Waals surface area contributed by atoms with Gasteiger partial charge in [0.1, 0.15) is 5.75 Å². The molecule has 0 spiro atoms. The quantitative estimate of drug-likeness (QED) is 0.449. The lowest BCUT2D eigenvalue weighted by Crippen LogP contribution is -2.31. The number of non-ortho nitro benzene ring substituents is 1. The summed E-state index contributed by atoms with van der Waals surface area (Å²) in [6.07, 6.45) is 0.160. The van der Waals surface area contributed by atoms with E-state index in [4.69, 9.17) is 4.74 Å². The molecule has 0 unspecified atom stereocenters. The second kappa shape index (κ2) is 7.62. The number of nitrogens with one attached hydrogen (secondary N) is 1. The number of amides is 1. The second-order valence-electron chi connectivity index (χ2n) is 5.33. The van der Waals surface area contributed by atoms with Crippen LogP contribution in [0.2, 0.25) is 0 Å². The number of hydrogen-bond acceptors (Lipinski definition) is 7. The van der Waals surface area contributed by atoms with Crippen molar-refractivity contribution in [2.45, 2.75) is 6.42 Å². The van der Waals surface area contributed by atoms with Gasteiger partial charge in [-0.05, 0) is 6.07 Å². The topological polar surface area (TPSA) is 111 Å². The van der Waals surface area contributed by atoms with Crippen LogP contribution < -0.4 is 10.1 Å². The Labute approximate surface area is 138 Å². The summed E-state index contributed by atoms with van der Waals surface area (Å²) < 4.78 is 9.79. The number of carbonyl (C=O) groups excluding carboxylic acids is 2. The van der Waals surface area contributed by atoms with Gasteiger partial charge in [0.05, 0.1) is 36.8 Å². The molecule has 130 valence electrons. The first-order valence-corrected chi connectivity index (χ1v) is 7.38.